The van der Waals surface area contributed by atoms with Crippen LogP contribution in [-0.2, 0) is 6.42 Å². The first-order valence-electron chi connectivity index (χ1n) is 5.86. The summed E-state index contributed by atoms with van der Waals surface area (Å²) in [6.45, 7) is 8.90. The Hall–Kier alpha value is -1.02. The molecule has 1 fully saturated rings. The van der Waals surface area contributed by atoms with E-state index in [1.54, 1.807) is 0 Å². The molecule has 15 heavy (non-hydrogen) atoms. The third-order valence-corrected chi connectivity index (χ3v) is 3.20. The summed E-state index contributed by atoms with van der Waals surface area (Å²) < 4.78 is 0. The molecule has 1 aromatic carbocycles. The highest BCUT2D eigenvalue weighted by Gasteiger charge is 2.10. The second kappa shape index (κ2) is 4.67. The molecule has 1 aromatic rings. The first kappa shape index (κ1) is 10.5. The number of aryl methyl sites for hydroxylation is 2. The van der Waals surface area contributed by atoms with Crippen LogP contribution < -0.4 is 10.2 Å². The summed E-state index contributed by atoms with van der Waals surface area (Å²) in [6.07, 6.45) is 1.13. The molecule has 1 heterocycles. The molecule has 2 heteroatoms. The highest BCUT2D eigenvalue weighted by molar-refractivity contribution is 5.51. The zero-order chi connectivity index (χ0) is 10.7. The maximum absolute atomic E-state index is 3.38. The molecule has 1 aliphatic heterocycles. The van der Waals surface area contributed by atoms with Gasteiger partial charge in [0, 0.05) is 31.9 Å². The predicted octanol–water partition coefficient (Wildman–Crippen LogP) is 1.97. The molecule has 0 atom stereocenters. The van der Waals surface area contributed by atoms with E-state index >= 15 is 0 Å². The van der Waals surface area contributed by atoms with E-state index in [9.17, 15) is 0 Å². The summed E-state index contributed by atoms with van der Waals surface area (Å²) in [5.74, 6) is 0. The monoisotopic (exact) mass is 204 g/mol. The van der Waals surface area contributed by atoms with E-state index in [1.807, 2.05) is 0 Å². The van der Waals surface area contributed by atoms with E-state index in [1.165, 1.54) is 16.8 Å². The zero-order valence-corrected chi connectivity index (χ0v) is 9.71. The maximum atomic E-state index is 3.38. The number of hydrogen-bond acceptors (Lipinski definition) is 2. The Morgan fingerprint density at radius 3 is 2.67 bits per heavy atom. The van der Waals surface area contributed by atoms with E-state index in [-0.39, 0.29) is 0 Å². The van der Waals surface area contributed by atoms with E-state index in [0.29, 0.717) is 0 Å². The van der Waals surface area contributed by atoms with Gasteiger partial charge in [0.2, 0.25) is 0 Å². The molecule has 0 radical (unpaired) electrons. The van der Waals surface area contributed by atoms with Crippen LogP contribution in [0.15, 0.2) is 18.2 Å². The van der Waals surface area contributed by atoms with Gasteiger partial charge in [-0.3, -0.25) is 0 Å². The van der Waals surface area contributed by atoms with Gasteiger partial charge in [-0.2, -0.15) is 0 Å². The topological polar surface area (TPSA) is 15.3 Å². The first-order chi connectivity index (χ1) is 7.31. The molecule has 0 aliphatic carbocycles. The fraction of sp³-hybridized carbons (Fsp3) is 0.538. The summed E-state index contributed by atoms with van der Waals surface area (Å²) in [6, 6.07) is 6.84. The third-order valence-electron chi connectivity index (χ3n) is 3.20. The minimum absolute atomic E-state index is 1.11. The third kappa shape index (κ3) is 2.32. The van der Waals surface area contributed by atoms with Crippen molar-refractivity contribution in [2.75, 3.05) is 31.1 Å². The number of rotatable bonds is 2. The smallest absolute Gasteiger partial charge is 0.0370 e. The van der Waals surface area contributed by atoms with E-state index < -0.39 is 0 Å². The minimum atomic E-state index is 1.11. The number of nitrogens with one attached hydrogen (secondary N) is 1. The van der Waals surface area contributed by atoms with Crippen molar-refractivity contribution in [1.29, 1.82) is 0 Å². The van der Waals surface area contributed by atoms with Gasteiger partial charge in [-0.1, -0.05) is 13.0 Å². The summed E-state index contributed by atoms with van der Waals surface area (Å²) >= 11 is 0. The Morgan fingerprint density at radius 1 is 1.27 bits per heavy atom. The molecule has 2 rings (SSSR count). The number of benzene rings is 1. The maximum Gasteiger partial charge on any atom is 0.0370 e. The summed E-state index contributed by atoms with van der Waals surface area (Å²) in [5.41, 5.74) is 4.28. The minimum Gasteiger partial charge on any atom is -0.369 e. The Morgan fingerprint density at radius 2 is 2.00 bits per heavy atom. The van der Waals surface area contributed by atoms with Crippen molar-refractivity contribution in [1.82, 2.24) is 5.32 Å². The van der Waals surface area contributed by atoms with Gasteiger partial charge in [-0.05, 0) is 36.6 Å². The fourth-order valence-corrected chi connectivity index (χ4v) is 2.16. The van der Waals surface area contributed by atoms with Crippen LogP contribution >= 0.6 is 0 Å². The summed E-state index contributed by atoms with van der Waals surface area (Å²) in [7, 11) is 0. The number of anilines is 1. The van der Waals surface area contributed by atoms with Crippen LogP contribution in [0.5, 0.6) is 0 Å². The lowest BCUT2D eigenvalue weighted by atomic mass is 10.1. The second-order valence-electron chi connectivity index (χ2n) is 4.20. The average molecular weight is 204 g/mol. The van der Waals surface area contributed by atoms with Crippen molar-refractivity contribution in [3.05, 3.63) is 29.3 Å². The molecule has 1 saturated heterocycles. The van der Waals surface area contributed by atoms with Gasteiger partial charge in [0.25, 0.3) is 0 Å². The number of nitrogens with zero attached hydrogens (tertiary/aromatic N) is 1. The van der Waals surface area contributed by atoms with Gasteiger partial charge in [-0.15, -0.1) is 0 Å². The quantitative estimate of drug-likeness (QED) is 0.792. The molecule has 0 spiro atoms. The van der Waals surface area contributed by atoms with Crippen molar-refractivity contribution < 1.29 is 0 Å². The largest absolute Gasteiger partial charge is 0.369 e. The van der Waals surface area contributed by atoms with Gasteiger partial charge in [0.15, 0.2) is 0 Å². The number of piperazine rings is 1. The average Bonchev–Trinajstić information content (AvgIpc) is 2.31. The molecule has 2 nitrogen and oxygen atoms in total. The molecule has 0 amide bonds. The van der Waals surface area contributed by atoms with E-state index in [4.69, 9.17) is 0 Å². The molecular weight excluding hydrogens is 184 g/mol. The van der Waals surface area contributed by atoms with Crippen LogP contribution in [0.4, 0.5) is 5.69 Å². The van der Waals surface area contributed by atoms with Crippen molar-refractivity contribution in [2.45, 2.75) is 20.3 Å². The van der Waals surface area contributed by atoms with Gasteiger partial charge in [0.05, 0.1) is 0 Å². The Bertz CT molecular complexity index is 327. The van der Waals surface area contributed by atoms with Gasteiger partial charge in [-0.25, -0.2) is 0 Å². The zero-order valence-electron chi connectivity index (χ0n) is 9.71. The summed E-state index contributed by atoms with van der Waals surface area (Å²) in [4.78, 5) is 2.47. The lowest BCUT2D eigenvalue weighted by molar-refractivity contribution is 0.589. The highest BCUT2D eigenvalue weighted by Crippen LogP contribution is 2.20. The molecule has 0 bridgehead atoms. The van der Waals surface area contributed by atoms with Crippen molar-refractivity contribution in [3.8, 4) is 0 Å². The van der Waals surface area contributed by atoms with E-state index in [2.05, 4.69) is 42.3 Å². The Kier molecular flexibility index (Phi) is 3.27. The molecule has 0 aromatic heterocycles. The second-order valence-corrected chi connectivity index (χ2v) is 4.20. The van der Waals surface area contributed by atoms with Gasteiger partial charge in [0.1, 0.15) is 0 Å². The fourth-order valence-electron chi connectivity index (χ4n) is 2.16. The standard InChI is InChI=1S/C13H20N2/c1-3-12-10-13(5-4-11(12)2)15-8-6-14-7-9-15/h4-5,10,14H,3,6-9H2,1-2H3. The SMILES string of the molecule is CCc1cc(N2CCNCC2)ccc1C. The highest BCUT2D eigenvalue weighted by atomic mass is 15.2. The first-order valence-corrected chi connectivity index (χ1v) is 5.86. The Balaban J connectivity index is 2.20. The van der Waals surface area contributed by atoms with E-state index in [0.717, 1.165) is 32.6 Å². The normalized spacial score (nSPS) is 16.8. The molecular formula is C13H20N2. The summed E-state index contributed by atoms with van der Waals surface area (Å²) in [5, 5.41) is 3.38. The number of hydrogen-bond donors (Lipinski definition) is 1. The molecule has 0 unspecified atom stereocenters. The van der Waals surface area contributed by atoms with Gasteiger partial charge < -0.3 is 10.2 Å². The van der Waals surface area contributed by atoms with Gasteiger partial charge >= 0.3 is 0 Å². The molecule has 82 valence electrons. The Labute approximate surface area is 92.3 Å². The van der Waals surface area contributed by atoms with Crippen LogP contribution in [0.25, 0.3) is 0 Å². The van der Waals surface area contributed by atoms with Crippen molar-refractivity contribution in [2.24, 2.45) is 0 Å². The van der Waals surface area contributed by atoms with Crippen LogP contribution in [0, 0.1) is 6.92 Å². The van der Waals surface area contributed by atoms with Crippen molar-refractivity contribution >= 4 is 5.69 Å². The lowest BCUT2D eigenvalue weighted by Gasteiger charge is -2.30. The van der Waals surface area contributed by atoms with Crippen molar-refractivity contribution in [3.63, 3.8) is 0 Å². The molecule has 1 aliphatic rings. The van der Waals surface area contributed by atoms with Crippen LogP contribution in [-0.4, -0.2) is 26.2 Å². The lowest BCUT2D eigenvalue weighted by Crippen LogP contribution is -2.43. The molecule has 0 saturated carbocycles. The van der Waals surface area contributed by atoms with Crippen LogP contribution in [0.2, 0.25) is 0 Å². The molecule has 1 N–H and O–H groups in total. The van der Waals surface area contributed by atoms with Crippen LogP contribution in [0.3, 0.4) is 0 Å². The predicted molar refractivity (Wildman–Crippen MR) is 65.6 cm³/mol. The van der Waals surface area contributed by atoms with Crippen LogP contribution in [0.1, 0.15) is 18.1 Å².